The number of piperidine rings is 1. The molecule has 0 bridgehead atoms. The van der Waals surface area contributed by atoms with Gasteiger partial charge in [-0.15, -0.1) is 11.3 Å². The number of aryl methyl sites for hydroxylation is 1. The smallest absolute Gasteiger partial charge is 0.352 e. The van der Waals surface area contributed by atoms with Gasteiger partial charge in [-0.3, -0.25) is 4.79 Å². The lowest BCUT2D eigenvalue weighted by atomic mass is 9.95. The Bertz CT molecular complexity index is 1150. The number of aromatic nitrogens is 3. The third kappa shape index (κ3) is 5.19. The molecule has 1 aromatic carbocycles. The summed E-state index contributed by atoms with van der Waals surface area (Å²) >= 11 is 1.29. The molecular formula is C23H23F4N5OS. The molecule has 3 aromatic rings. The molecular weight excluding hydrogens is 470 g/mol. The first kappa shape index (κ1) is 24.1. The van der Waals surface area contributed by atoms with Gasteiger partial charge in [0, 0.05) is 36.6 Å². The maximum absolute atomic E-state index is 13.7. The maximum atomic E-state index is 13.7. The zero-order valence-corrected chi connectivity index (χ0v) is 19.4. The van der Waals surface area contributed by atoms with Crippen molar-refractivity contribution >= 4 is 23.2 Å². The van der Waals surface area contributed by atoms with E-state index >= 15 is 0 Å². The number of hydrogen-bond acceptors (Lipinski definition) is 6. The fourth-order valence-corrected chi connectivity index (χ4v) is 5.01. The van der Waals surface area contributed by atoms with E-state index in [-0.39, 0.29) is 29.8 Å². The number of amides is 1. The van der Waals surface area contributed by atoms with Gasteiger partial charge < -0.3 is 10.2 Å². The first-order valence-electron chi connectivity index (χ1n) is 10.8. The highest BCUT2D eigenvalue weighted by atomic mass is 32.1. The molecule has 3 heterocycles. The van der Waals surface area contributed by atoms with Crippen LogP contribution in [0.15, 0.2) is 36.7 Å². The SMILES string of the molecule is Cc1nc(-c2ccc(F)cc2)c(C(=O)N2C(C)CCCC2CNc2ncc(C(F)(F)F)cn2)s1. The molecule has 1 aliphatic heterocycles. The number of anilines is 1. The number of thiazole rings is 1. The zero-order valence-electron chi connectivity index (χ0n) is 18.6. The molecule has 0 radical (unpaired) electrons. The number of carbonyl (C=O) groups is 1. The van der Waals surface area contributed by atoms with Crippen molar-refractivity contribution in [2.75, 3.05) is 11.9 Å². The molecule has 2 unspecified atom stereocenters. The van der Waals surface area contributed by atoms with E-state index in [4.69, 9.17) is 0 Å². The normalized spacial score (nSPS) is 18.7. The van der Waals surface area contributed by atoms with Crippen LogP contribution >= 0.6 is 11.3 Å². The molecule has 4 rings (SSSR count). The third-order valence-corrected chi connectivity index (χ3v) is 6.74. The summed E-state index contributed by atoms with van der Waals surface area (Å²) in [4.78, 5) is 28.0. The molecule has 0 aliphatic carbocycles. The van der Waals surface area contributed by atoms with Gasteiger partial charge in [-0.1, -0.05) is 0 Å². The van der Waals surface area contributed by atoms with Crippen LogP contribution < -0.4 is 5.32 Å². The first-order valence-corrected chi connectivity index (χ1v) is 11.6. The summed E-state index contributed by atoms with van der Waals surface area (Å²) in [5.41, 5.74) is 0.254. The molecule has 0 saturated carbocycles. The predicted octanol–water partition coefficient (Wildman–Crippen LogP) is 5.56. The van der Waals surface area contributed by atoms with Crippen LogP contribution in [0.3, 0.4) is 0 Å². The standard InChI is InChI=1S/C23H23F4N5OS/c1-13-4-3-5-18(12-30-22-28-10-16(11-29-22)23(25,26)27)32(13)21(33)20-19(31-14(2)34-20)15-6-8-17(24)9-7-15/h6-11,13,18H,3-5,12H2,1-2H3,(H,28,29,30). The van der Waals surface area contributed by atoms with E-state index in [9.17, 15) is 22.4 Å². The maximum Gasteiger partial charge on any atom is 0.419 e. The Morgan fingerprint density at radius 2 is 1.85 bits per heavy atom. The number of hydrogen-bond donors (Lipinski definition) is 1. The molecule has 1 fully saturated rings. The first-order chi connectivity index (χ1) is 16.1. The average molecular weight is 494 g/mol. The highest BCUT2D eigenvalue weighted by molar-refractivity contribution is 7.14. The minimum Gasteiger partial charge on any atom is -0.352 e. The minimum atomic E-state index is -4.50. The number of likely N-dealkylation sites (tertiary alicyclic amines) is 1. The van der Waals surface area contributed by atoms with Crippen LogP contribution in [-0.2, 0) is 6.18 Å². The van der Waals surface area contributed by atoms with Crippen LogP contribution in [0.1, 0.15) is 46.4 Å². The molecule has 2 atom stereocenters. The van der Waals surface area contributed by atoms with E-state index in [0.717, 1.165) is 36.7 Å². The fourth-order valence-electron chi connectivity index (χ4n) is 4.12. The molecule has 180 valence electrons. The van der Waals surface area contributed by atoms with Gasteiger partial charge in [0.2, 0.25) is 5.95 Å². The lowest BCUT2D eigenvalue weighted by Crippen LogP contribution is -2.51. The number of benzene rings is 1. The quantitative estimate of drug-likeness (QED) is 0.471. The van der Waals surface area contributed by atoms with Gasteiger partial charge in [0.05, 0.1) is 16.3 Å². The second-order valence-electron chi connectivity index (χ2n) is 8.24. The van der Waals surface area contributed by atoms with Gasteiger partial charge >= 0.3 is 6.18 Å². The summed E-state index contributed by atoms with van der Waals surface area (Å²) < 4.78 is 51.6. The summed E-state index contributed by atoms with van der Waals surface area (Å²) in [6, 6.07) is 5.62. The Morgan fingerprint density at radius 3 is 2.50 bits per heavy atom. The lowest BCUT2D eigenvalue weighted by Gasteiger charge is -2.40. The third-order valence-electron chi connectivity index (χ3n) is 5.78. The van der Waals surface area contributed by atoms with E-state index in [0.29, 0.717) is 22.7 Å². The fraction of sp³-hybridized carbons (Fsp3) is 0.391. The predicted molar refractivity (Wildman–Crippen MR) is 121 cm³/mol. The monoisotopic (exact) mass is 493 g/mol. The molecule has 1 saturated heterocycles. The Hall–Kier alpha value is -3.08. The van der Waals surface area contributed by atoms with Gasteiger partial charge in [0.25, 0.3) is 5.91 Å². The summed E-state index contributed by atoms with van der Waals surface area (Å²) in [7, 11) is 0. The zero-order chi connectivity index (χ0) is 24.5. The van der Waals surface area contributed by atoms with Crippen molar-refractivity contribution in [3.63, 3.8) is 0 Å². The van der Waals surface area contributed by atoms with Crippen LogP contribution in [0.25, 0.3) is 11.3 Å². The topological polar surface area (TPSA) is 71.0 Å². The molecule has 34 heavy (non-hydrogen) atoms. The molecule has 1 N–H and O–H groups in total. The van der Waals surface area contributed by atoms with Crippen molar-refractivity contribution in [1.82, 2.24) is 19.9 Å². The van der Waals surface area contributed by atoms with E-state index in [1.807, 2.05) is 13.8 Å². The number of halogens is 4. The number of nitrogens with one attached hydrogen (secondary N) is 1. The lowest BCUT2D eigenvalue weighted by molar-refractivity contribution is -0.138. The van der Waals surface area contributed by atoms with E-state index in [1.165, 1.54) is 23.5 Å². The minimum absolute atomic E-state index is 0.0370. The van der Waals surface area contributed by atoms with Crippen LogP contribution in [0.5, 0.6) is 0 Å². The van der Waals surface area contributed by atoms with Crippen molar-refractivity contribution in [1.29, 1.82) is 0 Å². The Morgan fingerprint density at radius 1 is 1.18 bits per heavy atom. The van der Waals surface area contributed by atoms with Gasteiger partial charge in [0.1, 0.15) is 10.7 Å². The number of carbonyl (C=O) groups excluding carboxylic acids is 1. The van der Waals surface area contributed by atoms with Crippen molar-refractivity contribution < 1.29 is 22.4 Å². The van der Waals surface area contributed by atoms with Gasteiger partial charge in [-0.2, -0.15) is 13.2 Å². The number of nitrogens with zero attached hydrogens (tertiary/aromatic N) is 4. The van der Waals surface area contributed by atoms with E-state index < -0.39 is 11.7 Å². The van der Waals surface area contributed by atoms with E-state index in [1.54, 1.807) is 17.0 Å². The Kier molecular flexibility index (Phi) is 6.83. The molecule has 6 nitrogen and oxygen atoms in total. The summed E-state index contributed by atoms with van der Waals surface area (Å²) in [5, 5.41) is 3.69. The Labute approximate surface area is 198 Å². The van der Waals surface area contributed by atoms with Gasteiger partial charge in [-0.05, 0) is 57.4 Å². The molecule has 11 heteroatoms. The van der Waals surface area contributed by atoms with Crippen molar-refractivity contribution in [3.05, 3.63) is 57.9 Å². The van der Waals surface area contributed by atoms with Crippen molar-refractivity contribution in [3.8, 4) is 11.3 Å². The van der Waals surface area contributed by atoms with Crippen LogP contribution in [-0.4, -0.2) is 44.4 Å². The largest absolute Gasteiger partial charge is 0.419 e. The summed E-state index contributed by atoms with van der Waals surface area (Å²) in [6.45, 7) is 4.09. The van der Waals surface area contributed by atoms with Gasteiger partial charge in [-0.25, -0.2) is 19.3 Å². The van der Waals surface area contributed by atoms with Crippen molar-refractivity contribution in [2.24, 2.45) is 0 Å². The van der Waals surface area contributed by atoms with Crippen LogP contribution in [0.2, 0.25) is 0 Å². The van der Waals surface area contributed by atoms with Crippen LogP contribution in [0, 0.1) is 12.7 Å². The second-order valence-corrected chi connectivity index (χ2v) is 9.44. The summed E-state index contributed by atoms with van der Waals surface area (Å²) in [5.74, 6) is -0.471. The Balaban J connectivity index is 1.55. The highest BCUT2D eigenvalue weighted by Crippen LogP contribution is 2.33. The highest BCUT2D eigenvalue weighted by Gasteiger charge is 2.35. The van der Waals surface area contributed by atoms with Crippen molar-refractivity contribution in [2.45, 2.75) is 51.4 Å². The number of alkyl halides is 3. The van der Waals surface area contributed by atoms with Crippen LogP contribution in [0.4, 0.5) is 23.5 Å². The summed E-state index contributed by atoms with van der Waals surface area (Å²) in [6.07, 6.45) is -0.558. The molecule has 1 aliphatic rings. The molecule has 2 aromatic heterocycles. The van der Waals surface area contributed by atoms with E-state index in [2.05, 4.69) is 20.3 Å². The second kappa shape index (κ2) is 9.65. The molecule has 0 spiro atoms. The van der Waals surface area contributed by atoms with Gasteiger partial charge in [0.15, 0.2) is 0 Å². The average Bonchev–Trinajstić information content (AvgIpc) is 3.19. The number of rotatable bonds is 5. The molecule has 1 amide bonds.